The highest BCUT2D eigenvalue weighted by atomic mass is 16.5. The van der Waals surface area contributed by atoms with Crippen LogP contribution in [0.3, 0.4) is 0 Å². The third kappa shape index (κ3) is 2.61. The van der Waals surface area contributed by atoms with E-state index in [2.05, 4.69) is 15.3 Å². The molecule has 0 N–H and O–H groups in total. The first-order valence-electron chi connectivity index (χ1n) is 7.38. The van der Waals surface area contributed by atoms with Crippen LogP contribution in [0, 0.1) is 0 Å². The van der Waals surface area contributed by atoms with Crippen molar-refractivity contribution in [2.45, 2.75) is 18.9 Å². The average Bonchev–Trinajstić information content (AvgIpc) is 3.30. The van der Waals surface area contributed by atoms with E-state index in [-0.39, 0.29) is 11.8 Å². The molecule has 0 aliphatic carbocycles. The molecule has 1 fully saturated rings. The molecule has 7 heteroatoms. The molecule has 0 saturated carbocycles. The second kappa shape index (κ2) is 5.68. The quantitative estimate of drug-likeness (QED) is 0.734. The summed E-state index contributed by atoms with van der Waals surface area (Å²) in [5, 5.41) is 7.63. The molecule has 1 aliphatic heterocycles. The van der Waals surface area contributed by atoms with Crippen molar-refractivity contribution in [1.82, 2.24) is 20.2 Å². The van der Waals surface area contributed by atoms with Crippen LogP contribution in [0.1, 0.15) is 23.8 Å². The molecule has 4 rings (SSSR count). The molecule has 3 heterocycles. The van der Waals surface area contributed by atoms with Crippen molar-refractivity contribution in [3.8, 4) is 11.5 Å². The summed E-state index contributed by atoms with van der Waals surface area (Å²) in [6, 6.07) is 11.6. The Hall–Kier alpha value is -2.96. The van der Waals surface area contributed by atoms with Crippen molar-refractivity contribution in [3.63, 3.8) is 0 Å². The first-order chi connectivity index (χ1) is 11.3. The van der Waals surface area contributed by atoms with E-state index in [1.54, 1.807) is 6.07 Å². The lowest BCUT2D eigenvalue weighted by molar-refractivity contribution is -0.129. The first kappa shape index (κ1) is 13.7. The van der Waals surface area contributed by atoms with Gasteiger partial charge in [0, 0.05) is 19.2 Å². The van der Waals surface area contributed by atoms with Crippen LogP contribution in [-0.2, 0) is 11.3 Å². The minimum absolute atomic E-state index is 0.0178. The summed E-state index contributed by atoms with van der Waals surface area (Å²) in [6.45, 7) is 1.28. The van der Waals surface area contributed by atoms with Crippen LogP contribution < -0.4 is 0 Å². The highest BCUT2D eigenvalue weighted by molar-refractivity contribution is 5.84. The van der Waals surface area contributed by atoms with E-state index in [4.69, 9.17) is 9.05 Å². The number of rotatable bonds is 4. The van der Waals surface area contributed by atoms with Crippen molar-refractivity contribution in [2.75, 3.05) is 6.54 Å². The van der Waals surface area contributed by atoms with Gasteiger partial charge in [-0.15, -0.1) is 0 Å². The van der Waals surface area contributed by atoms with Crippen LogP contribution in [0.5, 0.6) is 0 Å². The van der Waals surface area contributed by atoms with Crippen LogP contribution in [0.4, 0.5) is 0 Å². The molecule has 1 saturated heterocycles. The molecular formula is C16H14N4O3. The second-order valence-corrected chi connectivity index (χ2v) is 5.43. The fraction of sp³-hybridized carbons (Fsp3) is 0.250. The number of benzene rings is 1. The molecule has 0 bridgehead atoms. The van der Waals surface area contributed by atoms with Crippen LogP contribution in [0.2, 0.25) is 0 Å². The Balaban J connectivity index is 1.49. The van der Waals surface area contributed by atoms with E-state index < -0.39 is 0 Å². The Morgan fingerprint density at radius 2 is 2.04 bits per heavy atom. The molecule has 2 aromatic heterocycles. The molecule has 1 aliphatic rings. The molecule has 1 atom stereocenters. The van der Waals surface area contributed by atoms with Gasteiger partial charge in [-0.1, -0.05) is 40.6 Å². The fourth-order valence-corrected chi connectivity index (χ4v) is 2.74. The highest BCUT2D eigenvalue weighted by Gasteiger charge is 2.36. The van der Waals surface area contributed by atoms with Gasteiger partial charge in [-0.3, -0.25) is 4.79 Å². The molecule has 1 aromatic carbocycles. The standard InChI is InChI=1S/C16H14N4O3/c21-16-12(6-8-20(16)10-11-4-2-1-3-5-11)15-17-14(19-23-15)13-7-9-22-18-13/h1-5,7,9,12H,6,8,10H2. The largest absolute Gasteiger partial charge is 0.364 e. The van der Waals surface area contributed by atoms with E-state index in [0.717, 1.165) is 5.56 Å². The number of likely N-dealkylation sites (tertiary alicyclic amines) is 1. The van der Waals surface area contributed by atoms with Gasteiger partial charge in [-0.25, -0.2) is 0 Å². The highest BCUT2D eigenvalue weighted by Crippen LogP contribution is 2.29. The summed E-state index contributed by atoms with van der Waals surface area (Å²) < 4.78 is 10.0. The van der Waals surface area contributed by atoms with Gasteiger partial charge in [0.1, 0.15) is 12.2 Å². The van der Waals surface area contributed by atoms with Crippen LogP contribution in [-0.4, -0.2) is 32.6 Å². The number of amides is 1. The summed E-state index contributed by atoms with van der Waals surface area (Å²) in [4.78, 5) is 18.7. The molecule has 116 valence electrons. The number of nitrogens with zero attached hydrogens (tertiary/aromatic N) is 4. The summed E-state index contributed by atoms with van der Waals surface area (Å²) in [5.74, 6) is 0.308. The Kier molecular flexibility index (Phi) is 3.38. The maximum absolute atomic E-state index is 12.6. The van der Waals surface area contributed by atoms with E-state index in [9.17, 15) is 4.79 Å². The van der Waals surface area contributed by atoms with Gasteiger partial charge in [-0.2, -0.15) is 4.98 Å². The monoisotopic (exact) mass is 310 g/mol. The van der Waals surface area contributed by atoms with Gasteiger partial charge < -0.3 is 13.9 Å². The average molecular weight is 310 g/mol. The van der Waals surface area contributed by atoms with E-state index in [1.807, 2.05) is 35.2 Å². The zero-order chi connectivity index (χ0) is 15.6. The zero-order valence-corrected chi connectivity index (χ0v) is 12.3. The van der Waals surface area contributed by atoms with Gasteiger partial charge in [0.05, 0.1) is 0 Å². The van der Waals surface area contributed by atoms with Crippen LogP contribution in [0.15, 0.2) is 51.7 Å². The predicted octanol–water partition coefficient (Wildman–Crippen LogP) is 2.24. The lowest BCUT2D eigenvalue weighted by Gasteiger charge is -2.15. The third-order valence-corrected chi connectivity index (χ3v) is 3.92. The van der Waals surface area contributed by atoms with Gasteiger partial charge in [0.2, 0.25) is 17.6 Å². The van der Waals surface area contributed by atoms with E-state index >= 15 is 0 Å². The van der Waals surface area contributed by atoms with Gasteiger partial charge in [0.15, 0.2) is 5.69 Å². The topological polar surface area (TPSA) is 85.3 Å². The van der Waals surface area contributed by atoms with E-state index in [1.165, 1.54) is 6.26 Å². The van der Waals surface area contributed by atoms with Crippen molar-refractivity contribution in [1.29, 1.82) is 0 Å². The number of carbonyl (C=O) groups is 1. The Labute approximate surface area is 131 Å². The SMILES string of the molecule is O=C1C(c2nc(-c3ccon3)no2)CCN1Cc1ccccc1. The van der Waals surface area contributed by atoms with Crippen molar-refractivity contribution < 1.29 is 13.8 Å². The van der Waals surface area contributed by atoms with Crippen molar-refractivity contribution in [3.05, 3.63) is 54.1 Å². The number of hydrogen-bond acceptors (Lipinski definition) is 6. The lowest BCUT2D eigenvalue weighted by Crippen LogP contribution is -2.26. The number of aromatic nitrogens is 3. The molecule has 23 heavy (non-hydrogen) atoms. The molecule has 1 amide bonds. The van der Waals surface area contributed by atoms with Crippen LogP contribution in [0.25, 0.3) is 11.5 Å². The lowest BCUT2D eigenvalue weighted by atomic mass is 10.1. The van der Waals surface area contributed by atoms with Gasteiger partial charge in [-0.05, 0) is 12.0 Å². The Morgan fingerprint density at radius 1 is 1.17 bits per heavy atom. The third-order valence-electron chi connectivity index (χ3n) is 3.92. The normalized spacial score (nSPS) is 17.8. The predicted molar refractivity (Wildman–Crippen MR) is 79.0 cm³/mol. The first-order valence-corrected chi connectivity index (χ1v) is 7.38. The maximum atomic E-state index is 12.6. The number of carbonyl (C=O) groups excluding carboxylic acids is 1. The Bertz CT molecular complexity index is 798. The summed E-state index contributed by atoms with van der Waals surface area (Å²) in [5.41, 5.74) is 1.60. The minimum atomic E-state index is -0.383. The summed E-state index contributed by atoms with van der Waals surface area (Å²) in [6.07, 6.45) is 2.11. The summed E-state index contributed by atoms with van der Waals surface area (Å²) >= 11 is 0. The molecule has 1 unspecified atom stereocenters. The molecule has 3 aromatic rings. The van der Waals surface area contributed by atoms with Crippen molar-refractivity contribution >= 4 is 5.91 Å². The second-order valence-electron chi connectivity index (χ2n) is 5.43. The van der Waals surface area contributed by atoms with Crippen molar-refractivity contribution in [2.24, 2.45) is 0 Å². The molecule has 7 nitrogen and oxygen atoms in total. The molecule has 0 spiro atoms. The summed E-state index contributed by atoms with van der Waals surface area (Å²) in [7, 11) is 0. The Morgan fingerprint density at radius 3 is 2.83 bits per heavy atom. The smallest absolute Gasteiger partial charge is 0.239 e. The zero-order valence-electron chi connectivity index (χ0n) is 12.3. The minimum Gasteiger partial charge on any atom is -0.364 e. The molecular weight excluding hydrogens is 296 g/mol. The van der Waals surface area contributed by atoms with Crippen LogP contribution >= 0.6 is 0 Å². The van der Waals surface area contributed by atoms with Gasteiger partial charge >= 0.3 is 0 Å². The molecule has 0 radical (unpaired) electrons. The fourth-order valence-electron chi connectivity index (χ4n) is 2.74. The van der Waals surface area contributed by atoms with Gasteiger partial charge in [0.25, 0.3) is 0 Å². The number of hydrogen-bond donors (Lipinski definition) is 0. The van der Waals surface area contributed by atoms with E-state index in [0.29, 0.717) is 36.9 Å². The maximum Gasteiger partial charge on any atom is 0.239 e.